The zero-order chi connectivity index (χ0) is 42.8. The minimum absolute atomic E-state index is 0.000322. The average Bonchev–Trinajstić information content (AvgIpc) is 3.20. The van der Waals surface area contributed by atoms with Crippen LogP contribution in [0.3, 0.4) is 0 Å². The smallest absolute Gasteiger partial charge is 0.266 e. The highest BCUT2D eigenvalue weighted by Crippen LogP contribution is 2.56. The molecular formula is C54H60O4P2. The Labute approximate surface area is 361 Å². The van der Waals surface area contributed by atoms with Crippen LogP contribution in [0.5, 0.6) is 11.5 Å². The summed E-state index contributed by atoms with van der Waals surface area (Å²) in [6.07, 6.45) is 0. The molecule has 310 valence electrons. The molecule has 4 nitrogen and oxygen atoms in total. The molecule has 8 rings (SSSR count). The van der Waals surface area contributed by atoms with Crippen molar-refractivity contribution < 1.29 is 18.1 Å². The summed E-state index contributed by atoms with van der Waals surface area (Å²) in [6, 6.07) is 43.7. The van der Waals surface area contributed by atoms with Crippen molar-refractivity contribution in [1.29, 1.82) is 0 Å². The maximum absolute atomic E-state index is 7.00. The Hall–Kier alpha value is -4.30. The highest BCUT2D eigenvalue weighted by Gasteiger charge is 2.36. The van der Waals surface area contributed by atoms with Crippen molar-refractivity contribution in [2.45, 2.75) is 118 Å². The first kappa shape index (κ1) is 42.4. The van der Waals surface area contributed by atoms with Gasteiger partial charge < -0.3 is 18.1 Å². The van der Waals surface area contributed by atoms with Gasteiger partial charge in [-0.1, -0.05) is 180 Å². The standard InChI is InChI=1S/C54H60O4P2/c1-51(2,3)37-29-43-41-25-17-19-27-47(41)59(57-49(43)45(31-37)53(7,8)9)55-33-35-21-13-15-23-39(35)40-24-16-14-22-36(40)34-56-60-48-28-20-18-26-42(48)44-30-38(52(4,5)6)32-46(50(44)58-60)54(10,11)12/h13-32H,33-34H2,1-12H3. The summed E-state index contributed by atoms with van der Waals surface area (Å²) < 4.78 is 27.8. The van der Waals surface area contributed by atoms with E-state index in [9.17, 15) is 0 Å². The maximum atomic E-state index is 7.00. The second-order valence-electron chi connectivity index (χ2n) is 20.4. The number of benzene rings is 6. The molecule has 6 aromatic carbocycles. The van der Waals surface area contributed by atoms with E-state index >= 15 is 0 Å². The number of hydrogen-bond acceptors (Lipinski definition) is 4. The van der Waals surface area contributed by atoms with Gasteiger partial charge in [-0.15, -0.1) is 0 Å². The Morgan fingerprint density at radius 3 is 1.07 bits per heavy atom. The Morgan fingerprint density at radius 1 is 0.383 bits per heavy atom. The summed E-state index contributed by atoms with van der Waals surface area (Å²) in [5.74, 6) is 1.88. The highest BCUT2D eigenvalue weighted by atomic mass is 31.2. The van der Waals surface area contributed by atoms with Gasteiger partial charge in [-0.25, -0.2) is 0 Å². The van der Waals surface area contributed by atoms with Gasteiger partial charge in [0.15, 0.2) is 0 Å². The van der Waals surface area contributed by atoms with Crippen molar-refractivity contribution in [3.8, 4) is 44.9 Å². The van der Waals surface area contributed by atoms with Crippen molar-refractivity contribution in [3.05, 3.63) is 155 Å². The molecule has 6 heteroatoms. The predicted octanol–water partition coefficient (Wildman–Crippen LogP) is 15.0. The van der Waals surface area contributed by atoms with Gasteiger partial charge in [0.25, 0.3) is 16.8 Å². The zero-order valence-electron chi connectivity index (χ0n) is 37.5. The van der Waals surface area contributed by atoms with Crippen molar-refractivity contribution in [2.75, 3.05) is 0 Å². The normalized spacial score (nSPS) is 16.2. The van der Waals surface area contributed by atoms with E-state index in [0.717, 1.165) is 55.5 Å². The molecule has 0 fully saturated rings. The minimum atomic E-state index is -1.41. The molecule has 2 unspecified atom stereocenters. The molecule has 0 saturated heterocycles. The van der Waals surface area contributed by atoms with Crippen molar-refractivity contribution in [2.24, 2.45) is 0 Å². The fourth-order valence-electron chi connectivity index (χ4n) is 8.09. The van der Waals surface area contributed by atoms with Crippen LogP contribution in [0.1, 0.15) is 116 Å². The third-order valence-electron chi connectivity index (χ3n) is 11.7. The van der Waals surface area contributed by atoms with Gasteiger partial charge in [-0.3, -0.25) is 0 Å². The second-order valence-corrected chi connectivity index (χ2v) is 23.3. The quantitative estimate of drug-likeness (QED) is 0.150. The molecule has 0 aliphatic carbocycles. The van der Waals surface area contributed by atoms with Crippen molar-refractivity contribution in [3.63, 3.8) is 0 Å². The summed E-state index contributed by atoms with van der Waals surface area (Å²) in [7, 11) is -2.82. The minimum Gasteiger partial charge on any atom is -0.443 e. The molecule has 60 heavy (non-hydrogen) atoms. The largest absolute Gasteiger partial charge is 0.443 e. The first-order chi connectivity index (χ1) is 28.3. The fraction of sp³-hybridized carbons (Fsp3) is 0.333. The number of fused-ring (bicyclic) bond motifs is 6. The van der Waals surface area contributed by atoms with E-state index in [4.69, 9.17) is 18.1 Å². The Morgan fingerprint density at radius 2 is 0.717 bits per heavy atom. The van der Waals surface area contributed by atoms with E-state index in [1.54, 1.807) is 0 Å². The molecule has 0 aromatic heterocycles. The summed E-state index contributed by atoms with van der Waals surface area (Å²) in [4.78, 5) is 0. The molecule has 2 aliphatic heterocycles. The molecule has 0 spiro atoms. The van der Waals surface area contributed by atoms with E-state index in [1.807, 2.05) is 0 Å². The predicted molar refractivity (Wildman–Crippen MR) is 254 cm³/mol. The van der Waals surface area contributed by atoms with Gasteiger partial charge in [0.2, 0.25) is 0 Å². The summed E-state index contributed by atoms with van der Waals surface area (Å²) in [5, 5.41) is 2.22. The van der Waals surface area contributed by atoms with Crippen LogP contribution in [0.15, 0.2) is 121 Å². The molecule has 0 saturated carbocycles. The Balaban J connectivity index is 1.08. The van der Waals surface area contributed by atoms with Gasteiger partial charge in [0, 0.05) is 22.3 Å². The van der Waals surface area contributed by atoms with E-state index in [0.29, 0.717) is 13.2 Å². The summed E-state index contributed by atoms with van der Waals surface area (Å²) in [6.45, 7) is 28.1. The average molecular weight is 835 g/mol. The van der Waals surface area contributed by atoms with Crippen LogP contribution in [0, 0.1) is 0 Å². The van der Waals surface area contributed by atoms with Crippen LogP contribution in [0.4, 0.5) is 0 Å². The molecule has 2 aliphatic rings. The molecule has 2 heterocycles. The lowest BCUT2D eigenvalue weighted by molar-refractivity contribution is 0.306. The lowest BCUT2D eigenvalue weighted by Gasteiger charge is -2.34. The van der Waals surface area contributed by atoms with Crippen LogP contribution in [-0.4, -0.2) is 0 Å². The van der Waals surface area contributed by atoms with E-state index in [1.165, 1.54) is 33.4 Å². The fourth-order valence-corrected chi connectivity index (χ4v) is 11.1. The van der Waals surface area contributed by atoms with Gasteiger partial charge in [0.1, 0.15) is 11.5 Å². The molecule has 0 radical (unpaired) electrons. The van der Waals surface area contributed by atoms with E-state index in [2.05, 4.69) is 204 Å². The van der Waals surface area contributed by atoms with Crippen LogP contribution < -0.4 is 19.7 Å². The van der Waals surface area contributed by atoms with Crippen molar-refractivity contribution in [1.82, 2.24) is 0 Å². The lowest BCUT2D eigenvalue weighted by atomic mass is 9.78. The highest BCUT2D eigenvalue weighted by molar-refractivity contribution is 7.57. The lowest BCUT2D eigenvalue weighted by Crippen LogP contribution is -2.22. The van der Waals surface area contributed by atoms with Gasteiger partial charge in [-0.05, 0) is 90.4 Å². The van der Waals surface area contributed by atoms with Crippen LogP contribution >= 0.6 is 16.8 Å². The number of rotatable bonds is 7. The first-order valence-electron chi connectivity index (χ1n) is 21.2. The van der Waals surface area contributed by atoms with Crippen molar-refractivity contribution >= 4 is 27.4 Å². The summed E-state index contributed by atoms with van der Waals surface area (Å²) in [5.41, 5.74) is 13.9. The molecule has 0 N–H and O–H groups in total. The van der Waals surface area contributed by atoms with Crippen LogP contribution in [-0.2, 0) is 43.9 Å². The van der Waals surface area contributed by atoms with Gasteiger partial charge >= 0.3 is 0 Å². The third kappa shape index (κ3) is 8.34. The summed E-state index contributed by atoms with van der Waals surface area (Å²) >= 11 is 0. The molecule has 0 amide bonds. The number of hydrogen-bond donors (Lipinski definition) is 0. The van der Waals surface area contributed by atoms with Crippen LogP contribution in [0.2, 0.25) is 0 Å². The van der Waals surface area contributed by atoms with E-state index < -0.39 is 16.8 Å². The Kier molecular flexibility index (Phi) is 11.2. The topological polar surface area (TPSA) is 36.9 Å². The second kappa shape index (κ2) is 15.9. The monoisotopic (exact) mass is 834 g/mol. The SMILES string of the molecule is CC(C)(C)c1cc2c(c(C(C)(C)C)c1)OP(OCc1ccccc1-c1ccccc1COP1Oc3c(cc(C(C)(C)C)cc3C(C)(C)C)-c3ccccc31)c1ccccc1-2. The maximum Gasteiger partial charge on any atom is 0.266 e. The van der Waals surface area contributed by atoms with E-state index in [-0.39, 0.29) is 21.7 Å². The Bertz CT molecular complexity index is 2380. The molecule has 2 atom stereocenters. The molecular weight excluding hydrogens is 775 g/mol. The molecule has 0 bridgehead atoms. The zero-order valence-corrected chi connectivity index (χ0v) is 39.3. The first-order valence-corrected chi connectivity index (χ1v) is 23.6. The van der Waals surface area contributed by atoms with Gasteiger partial charge in [-0.2, -0.15) is 0 Å². The van der Waals surface area contributed by atoms with Crippen LogP contribution in [0.25, 0.3) is 33.4 Å². The third-order valence-corrected chi connectivity index (χ3v) is 14.6. The van der Waals surface area contributed by atoms with Gasteiger partial charge in [0.05, 0.1) is 23.8 Å². The molecule has 6 aromatic rings.